The van der Waals surface area contributed by atoms with Crippen LogP contribution < -0.4 is 15.2 Å². The van der Waals surface area contributed by atoms with E-state index in [0.29, 0.717) is 16.5 Å². The fraction of sp³-hybridized carbons (Fsp3) is 0.143. The number of aryl methyl sites for hydroxylation is 1. The molecule has 0 heterocycles. The molecule has 7 heteroatoms. The Morgan fingerprint density at radius 1 is 1.19 bits per heavy atom. The van der Waals surface area contributed by atoms with Crippen LogP contribution >= 0.6 is 11.6 Å². The molecule has 0 bridgehead atoms. The molecule has 112 valence electrons. The van der Waals surface area contributed by atoms with E-state index in [1.54, 1.807) is 18.2 Å². The van der Waals surface area contributed by atoms with Crippen LogP contribution in [-0.2, 0) is 10.0 Å². The van der Waals surface area contributed by atoms with Crippen molar-refractivity contribution in [2.24, 2.45) is 0 Å². The Labute approximate surface area is 128 Å². The van der Waals surface area contributed by atoms with Crippen molar-refractivity contribution in [3.8, 4) is 5.75 Å². The zero-order valence-electron chi connectivity index (χ0n) is 11.6. The fourth-order valence-electron chi connectivity index (χ4n) is 1.78. The SMILES string of the molecule is COc1cc(C)ccc1NS(=O)(=O)c1ccc(Cl)c(N)c1. The number of rotatable bonds is 4. The lowest BCUT2D eigenvalue weighted by atomic mass is 10.2. The minimum absolute atomic E-state index is 0.0343. The molecule has 0 aliphatic heterocycles. The first-order chi connectivity index (χ1) is 9.83. The number of nitrogens with two attached hydrogens (primary N) is 1. The molecule has 3 N–H and O–H groups in total. The molecule has 0 radical (unpaired) electrons. The second-order valence-corrected chi connectivity index (χ2v) is 6.58. The first-order valence-electron chi connectivity index (χ1n) is 6.06. The predicted octanol–water partition coefficient (Wildman–Crippen LogP) is 3.04. The van der Waals surface area contributed by atoms with Gasteiger partial charge in [0, 0.05) is 0 Å². The van der Waals surface area contributed by atoms with E-state index in [1.807, 2.05) is 6.92 Å². The summed E-state index contributed by atoms with van der Waals surface area (Å²) in [5.74, 6) is 0.445. The summed E-state index contributed by atoms with van der Waals surface area (Å²) < 4.78 is 32.4. The summed E-state index contributed by atoms with van der Waals surface area (Å²) >= 11 is 5.80. The van der Waals surface area contributed by atoms with Crippen molar-refractivity contribution in [3.05, 3.63) is 47.0 Å². The third-order valence-corrected chi connectivity index (χ3v) is 4.59. The molecule has 0 unspecified atom stereocenters. The number of halogens is 1. The molecule has 21 heavy (non-hydrogen) atoms. The molecule has 0 aromatic heterocycles. The van der Waals surface area contributed by atoms with Crippen LogP contribution in [0.15, 0.2) is 41.3 Å². The Bertz CT molecular complexity index is 776. The molecule has 0 aliphatic carbocycles. The number of nitrogens with one attached hydrogen (secondary N) is 1. The maximum Gasteiger partial charge on any atom is 0.262 e. The molecule has 0 spiro atoms. The van der Waals surface area contributed by atoms with Crippen molar-refractivity contribution in [2.75, 3.05) is 17.6 Å². The van der Waals surface area contributed by atoms with Gasteiger partial charge in [0.25, 0.3) is 10.0 Å². The molecule has 5 nitrogen and oxygen atoms in total. The van der Waals surface area contributed by atoms with Crippen molar-refractivity contribution in [1.29, 1.82) is 0 Å². The highest BCUT2D eigenvalue weighted by molar-refractivity contribution is 7.92. The average Bonchev–Trinajstić information content (AvgIpc) is 2.43. The van der Waals surface area contributed by atoms with Gasteiger partial charge in [0.05, 0.1) is 28.4 Å². The van der Waals surface area contributed by atoms with E-state index in [1.165, 1.54) is 25.3 Å². The van der Waals surface area contributed by atoms with Crippen LogP contribution in [0.5, 0.6) is 5.75 Å². The lowest BCUT2D eigenvalue weighted by Gasteiger charge is -2.13. The molecule has 0 saturated heterocycles. The van der Waals surface area contributed by atoms with Gasteiger partial charge in [-0.15, -0.1) is 0 Å². The number of benzene rings is 2. The van der Waals surface area contributed by atoms with Gasteiger partial charge in [-0.05, 0) is 42.8 Å². The molecule has 2 aromatic rings. The van der Waals surface area contributed by atoms with Crippen LogP contribution in [0, 0.1) is 6.92 Å². The second-order valence-electron chi connectivity index (χ2n) is 4.49. The zero-order valence-corrected chi connectivity index (χ0v) is 13.1. The summed E-state index contributed by atoms with van der Waals surface area (Å²) in [7, 11) is -2.29. The van der Waals surface area contributed by atoms with Crippen molar-refractivity contribution >= 4 is 33.0 Å². The summed E-state index contributed by atoms with van der Waals surface area (Å²) in [5, 5.41) is 0.307. The largest absolute Gasteiger partial charge is 0.495 e. The quantitative estimate of drug-likeness (QED) is 0.846. The maximum absolute atomic E-state index is 12.4. The van der Waals surface area contributed by atoms with Gasteiger partial charge in [-0.2, -0.15) is 0 Å². The highest BCUT2D eigenvalue weighted by Gasteiger charge is 2.17. The summed E-state index contributed by atoms with van der Waals surface area (Å²) in [6, 6.07) is 9.32. The van der Waals surface area contributed by atoms with Gasteiger partial charge in [0.1, 0.15) is 5.75 Å². The minimum atomic E-state index is -3.77. The standard InChI is InChI=1S/C14H15ClN2O3S/c1-9-3-6-13(14(7-9)20-2)17-21(18,19)10-4-5-11(15)12(16)8-10/h3-8,17H,16H2,1-2H3. The summed E-state index contributed by atoms with van der Waals surface area (Å²) in [4.78, 5) is 0.0343. The summed E-state index contributed by atoms with van der Waals surface area (Å²) in [6.07, 6.45) is 0. The normalized spacial score (nSPS) is 11.2. The van der Waals surface area contributed by atoms with Gasteiger partial charge in [-0.3, -0.25) is 4.72 Å². The van der Waals surface area contributed by atoms with E-state index in [0.717, 1.165) is 5.56 Å². The number of hydrogen-bond acceptors (Lipinski definition) is 4. The second kappa shape index (κ2) is 5.83. The predicted molar refractivity (Wildman–Crippen MR) is 84.4 cm³/mol. The van der Waals surface area contributed by atoms with E-state index in [4.69, 9.17) is 22.1 Å². The molecule has 0 amide bonds. The number of anilines is 2. The first-order valence-corrected chi connectivity index (χ1v) is 7.92. The van der Waals surface area contributed by atoms with Crippen LogP contribution in [0.2, 0.25) is 5.02 Å². The Balaban J connectivity index is 2.39. The Morgan fingerprint density at radius 3 is 2.52 bits per heavy atom. The minimum Gasteiger partial charge on any atom is -0.495 e. The van der Waals surface area contributed by atoms with Crippen molar-refractivity contribution in [1.82, 2.24) is 0 Å². The highest BCUT2D eigenvalue weighted by Crippen LogP contribution is 2.29. The van der Waals surface area contributed by atoms with Gasteiger partial charge < -0.3 is 10.5 Å². The molecular formula is C14H15ClN2O3S. The third-order valence-electron chi connectivity index (χ3n) is 2.88. The number of hydrogen-bond donors (Lipinski definition) is 2. The van der Waals surface area contributed by atoms with Crippen LogP contribution in [0.25, 0.3) is 0 Å². The Hall–Kier alpha value is -1.92. The lowest BCUT2D eigenvalue weighted by Crippen LogP contribution is -2.14. The highest BCUT2D eigenvalue weighted by atomic mass is 35.5. The van der Waals surface area contributed by atoms with E-state index in [2.05, 4.69) is 4.72 Å². The number of ether oxygens (including phenoxy) is 1. The van der Waals surface area contributed by atoms with Crippen molar-refractivity contribution < 1.29 is 13.2 Å². The molecule has 0 fully saturated rings. The van der Waals surface area contributed by atoms with Crippen molar-refractivity contribution in [2.45, 2.75) is 11.8 Å². The van der Waals surface area contributed by atoms with E-state index in [9.17, 15) is 8.42 Å². The fourth-order valence-corrected chi connectivity index (χ4v) is 3.00. The van der Waals surface area contributed by atoms with E-state index < -0.39 is 10.0 Å². The molecule has 0 saturated carbocycles. The first kappa shape index (κ1) is 15.5. The Morgan fingerprint density at radius 2 is 1.90 bits per heavy atom. The van der Waals surface area contributed by atoms with E-state index >= 15 is 0 Å². The van der Waals surface area contributed by atoms with Gasteiger partial charge in [0.15, 0.2) is 0 Å². The van der Waals surface area contributed by atoms with Crippen LogP contribution in [0.4, 0.5) is 11.4 Å². The number of sulfonamides is 1. The van der Waals surface area contributed by atoms with Gasteiger partial charge in [-0.1, -0.05) is 17.7 Å². The number of nitrogen functional groups attached to an aromatic ring is 1. The number of methoxy groups -OCH3 is 1. The van der Waals surface area contributed by atoms with E-state index in [-0.39, 0.29) is 10.6 Å². The van der Waals surface area contributed by atoms with Gasteiger partial charge >= 0.3 is 0 Å². The van der Waals surface area contributed by atoms with Crippen LogP contribution in [0.3, 0.4) is 0 Å². The summed E-state index contributed by atoms with van der Waals surface area (Å²) in [6.45, 7) is 1.89. The third kappa shape index (κ3) is 3.40. The Kier molecular flexibility index (Phi) is 4.29. The summed E-state index contributed by atoms with van der Waals surface area (Å²) in [5.41, 5.74) is 7.16. The lowest BCUT2D eigenvalue weighted by molar-refractivity contribution is 0.416. The smallest absolute Gasteiger partial charge is 0.262 e. The molecule has 2 aromatic carbocycles. The van der Waals surface area contributed by atoms with Crippen LogP contribution in [-0.4, -0.2) is 15.5 Å². The monoisotopic (exact) mass is 326 g/mol. The average molecular weight is 327 g/mol. The molecule has 2 rings (SSSR count). The van der Waals surface area contributed by atoms with Crippen molar-refractivity contribution in [3.63, 3.8) is 0 Å². The van der Waals surface area contributed by atoms with Gasteiger partial charge in [-0.25, -0.2) is 8.42 Å². The van der Waals surface area contributed by atoms with Crippen LogP contribution in [0.1, 0.15) is 5.56 Å². The molecule has 0 aliphatic rings. The topological polar surface area (TPSA) is 81.4 Å². The molecular weight excluding hydrogens is 312 g/mol. The maximum atomic E-state index is 12.4. The zero-order chi connectivity index (χ0) is 15.6. The van der Waals surface area contributed by atoms with Gasteiger partial charge in [0.2, 0.25) is 0 Å². The molecule has 0 atom stereocenters.